The van der Waals surface area contributed by atoms with Gasteiger partial charge in [0.1, 0.15) is 0 Å². The van der Waals surface area contributed by atoms with Gasteiger partial charge in [-0.2, -0.15) is 0 Å². The van der Waals surface area contributed by atoms with Crippen molar-refractivity contribution in [1.82, 2.24) is 25.0 Å². The predicted octanol–water partition coefficient (Wildman–Crippen LogP) is -0.820. The number of primary amides is 1. The van der Waals surface area contributed by atoms with E-state index in [1.54, 1.807) is 6.92 Å². The van der Waals surface area contributed by atoms with E-state index >= 15 is 0 Å². The molecular formula is C10H12N6O3S. The fourth-order valence-electron chi connectivity index (χ4n) is 1.47. The molecule has 9 nitrogen and oxygen atoms in total. The maximum absolute atomic E-state index is 11.3. The van der Waals surface area contributed by atoms with Crippen molar-refractivity contribution in [2.45, 2.75) is 18.1 Å². The van der Waals surface area contributed by atoms with E-state index in [0.29, 0.717) is 5.56 Å². The number of nitrogens with zero attached hydrogens (tertiary/aromatic N) is 5. The minimum Gasteiger partial charge on any atom is -0.364 e. The third kappa shape index (κ3) is 2.79. The van der Waals surface area contributed by atoms with Crippen molar-refractivity contribution in [3.63, 3.8) is 0 Å². The highest BCUT2D eigenvalue weighted by Gasteiger charge is 2.16. The van der Waals surface area contributed by atoms with E-state index in [4.69, 9.17) is 5.73 Å². The van der Waals surface area contributed by atoms with Gasteiger partial charge in [0.05, 0.1) is 12.2 Å². The Morgan fingerprint density at radius 3 is 2.40 bits per heavy atom. The van der Waals surface area contributed by atoms with Crippen LogP contribution >= 0.6 is 0 Å². The lowest BCUT2D eigenvalue weighted by atomic mass is 10.2. The molecule has 1 unspecified atom stereocenters. The predicted molar refractivity (Wildman–Crippen MR) is 67.5 cm³/mol. The van der Waals surface area contributed by atoms with E-state index in [9.17, 15) is 13.2 Å². The SMILES string of the molecule is CC(c1cnc(S(C)(=O)=O)nc1)n1cc(C(N)=O)nn1. The van der Waals surface area contributed by atoms with Gasteiger partial charge in [0.25, 0.3) is 5.91 Å². The number of hydrogen-bond acceptors (Lipinski definition) is 7. The smallest absolute Gasteiger partial charge is 0.270 e. The lowest BCUT2D eigenvalue weighted by Gasteiger charge is -2.10. The van der Waals surface area contributed by atoms with Crippen LogP contribution in [0, 0.1) is 0 Å². The zero-order valence-corrected chi connectivity index (χ0v) is 11.6. The minimum atomic E-state index is -3.44. The quantitative estimate of drug-likeness (QED) is 0.728. The highest BCUT2D eigenvalue weighted by molar-refractivity contribution is 7.90. The Morgan fingerprint density at radius 1 is 1.35 bits per heavy atom. The highest BCUT2D eigenvalue weighted by Crippen LogP contribution is 2.15. The molecule has 0 aliphatic rings. The van der Waals surface area contributed by atoms with Crippen molar-refractivity contribution in [1.29, 1.82) is 0 Å². The average Bonchev–Trinajstić information content (AvgIpc) is 2.86. The van der Waals surface area contributed by atoms with Crippen LogP contribution in [-0.4, -0.2) is 45.5 Å². The number of amides is 1. The first-order valence-corrected chi connectivity index (χ1v) is 7.42. The number of aromatic nitrogens is 5. The molecule has 0 aliphatic carbocycles. The van der Waals surface area contributed by atoms with Gasteiger partial charge in [-0.1, -0.05) is 5.21 Å². The molecule has 0 radical (unpaired) electrons. The lowest BCUT2D eigenvalue weighted by molar-refractivity contribution is 0.0995. The van der Waals surface area contributed by atoms with Gasteiger partial charge in [-0.25, -0.2) is 23.1 Å². The van der Waals surface area contributed by atoms with Gasteiger partial charge >= 0.3 is 0 Å². The van der Waals surface area contributed by atoms with Gasteiger partial charge in [-0.15, -0.1) is 5.10 Å². The summed E-state index contributed by atoms with van der Waals surface area (Å²) in [4.78, 5) is 18.5. The number of rotatable bonds is 4. The van der Waals surface area contributed by atoms with E-state index in [2.05, 4.69) is 20.3 Å². The van der Waals surface area contributed by atoms with Crippen molar-refractivity contribution >= 4 is 15.7 Å². The van der Waals surface area contributed by atoms with Crippen molar-refractivity contribution in [2.24, 2.45) is 5.73 Å². The second kappa shape index (κ2) is 4.96. The van der Waals surface area contributed by atoms with Crippen molar-refractivity contribution in [3.8, 4) is 0 Å². The molecule has 0 saturated heterocycles. The Kier molecular flexibility index (Phi) is 3.49. The molecule has 2 aromatic rings. The molecule has 0 spiro atoms. The average molecular weight is 296 g/mol. The molecule has 20 heavy (non-hydrogen) atoms. The Morgan fingerprint density at radius 2 is 1.95 bits per heavy atom. The summed E-state index contributed by atoms with van der Waals surface area (Å²) >= 11 is 0. The highest BCUT2D eigenvalue weighted by atomic mass is 32.2. The largest absolute Gasteiger partial charge is 0.364 e. The molecule has 0 aromatic carbocycles. The van der Waals surface area contributed by atoms with Gasteiger partial charge in [0, 0.05) is 24.2 Å². The molecule has 2 rings (SSSR count). The van der Waals surface area contributed by atoms with Gasteiger partial charge in [0.15, 0.2) is 5.69 Å². The number of carbonyl (C=O) groups is 1. The van der Waals surface area contributed by atoms with Gasteiger partial charge < -0.3 is 5.73 Å². The zero-order valence-electron chi connectivity index (χ0n) is 10.8. The molecule has 0 aliphatic heterocycles. The number of hydrogen-bond donors (Lipinski definition) is 1. The van der Waals surface area contributed by atoms with Gasteiger partial charge in [-0.3, -0.25) is 4.79 Å². The Labute approximate surface area is 114 Å². The molecule has 0 saturated carbocycles. The Balaban J connectivity index is 2.28. The van der Waals surface area contributed by atoms with E-state index < -0.39 is 15.7 Å². The van der Waals surface area contributed by atoms with Crippen LogP contribution in [0.5, 0.6) is 0 Å². The van der Waals surface area contributed by atoms with Crippen LogP contribution in [0.1, 0.15) is 29.0 Å². The molecule has 2 N–H and O–H groups in total. The third-order valence-electron chi connectivity index (χ3n) is 2.62. The number of nitrogens with two attached hydrogens (primary N) is 1. The molecule has 0 fully saturated rings. The van der Waals surface area contributed by atoms with Crippen molar-refractivity contribution < 1.29 is 13.2 Å². The first-order valence-electron chi connectivity index (χ1n) is 5.52. The summed E-state index contributed by atoms with van der Waals surface area (Å²) in [6.07, 6.45) is 5.21. The van der Waals surface area contributed by atoms with Crippen LogP contribution in [0.4, 0.5) is 0 Å². The topological polar surface area (TPSA) is 134 Å². The molecule has 2 aromatic heterocycles. The Hall–Kier alpha value is -2.36. The summed E-state index contributed by atoms with van der Waals surface area (Å²) in [5.74, 6) is -0.674. The third-order valence-corrected chi connectivity index (χ3v) is 3.50. The van der Waals surface area contributed by atoms with E-state index in [-0.39, 0.29) is 16.9 Å². The monoisotopic (exact) mass is 296 g/mol. The minimum absolute atomic E-state index is 0.0468. The number of carbonyl (C=O) groups excluding carboxylic acids is 1. The first kappa shape index (κ1) is 14.1. The molecule has 0 bridgehead atoms. The second-order valence-corrected chi connectivity index (χ2v) is 6.10. The van der Waals surface area contributed by atoms with Crippen LogP contribution in [0.3, 0.4) is 0 Å². The molecule has 2 heterocycles. The fraction of sp³-hybridized carbons (Fsp3) is 0.300. The van der Waals surface area contributed by atoms with Crippen molar-refractivity contribution in [2.75, 3.05) is 6.26 Å². The zero-order chi connectivity index (χ0) is 14.9. The number of sulfone groups is 1. The van der Waals surface area contributed by atoms with Gasteiger partial charge in [0.2, 0.25) is 15.0 Å². The maximum Gasteiger partial charge on any atom is 0.270 e. The van der Waals surface area contributed by atoms with E-state index in [0.717, 1.165) is 6.26 Å². The molecule has 10 heteroatoms. The molecule has 1 amide bonds. The van der Waals surface area contributed by atoms with Crippen LogP contribution in [0.15, 0.2) is 23.7 Å². The fourth-order valence-corrected chi connectivity index (χ4v) is 1.95. The molecule has 106 valence electrons. The summed E-state index contributed by atoms with van der Waals surface area (Å²) in [5.41, 5.74) is 5.76. The second-order valence-electron chi connectivity index (χ2n) is 4.20. The summed E-state index contributed by atoms with van der Waals surface area (Å²) in [6.45, 7) is 1.78. The summed E-state index contributed by atoms with van der Waals surface area (Å²) < 4.78 is 23.9. The summed E-state index contributed by atoms with van der Waals surface area (Å²) in [7, 11) is -3.44. The van der Waals surface area contributed by atoms with E-state index in [1.165, 1.54) is 23.3 Å². The van der Waals surface area contributed by atoms with Crippen LogP contribution < -0.4 is 5.73 Å². The summed E-state index contributed by atoms with van der Waals surface area (Å²) in [6, 6.07) is -0.316. The molecular weight excluding hydrogens is 284 g/mol. The van der Waals surface area contributed by atoms with Gasteiger partial charge in [-0.05, 0) is 6.92 Å². The van der Waals surface area contributed by atoms with Crippen molar-refractivity contribution in [3.05, 3.63) is 29.8 Å². The standard InChI is InChI=1S/C10H12N6O3S/c1-6(16-5-8(9(11)17)14-15-16)7-3-12-10(13-4-7)20(2,18)19/h3-6H,1-2H3,(H2,11,17). The normalized spacial score (nSPS) is 13.1. The first-order chi connectivity index (χ1) is 9.29. The van der Waals surface area contributed by atoms with Crippen LogP contribution in [0.2, 0.25) is 0 Å². The Bertz CT molecular complexity index is 737. The van der Waals surface area contributed by atoms with Crippen LogP contribution in [-0.2, 0) is 9.84 Å². The summed E-state index contributed by atoms with van der Waals surface area (Å²) in [5, 5.41) is 7.15. The molecule has 1 atom stereocenters. The van der Waals surface area contributed by atoms with Crippen LogP contribution in [0.25, 0.3) is 0 Å². The maximum atomic E-state index is 11.3. The lowest BCUT2D eigenvalue weighted by Crippen LogP contribution is -2.12. The van der Waals surface area contributed by atoms with E-state index in [1.807, 2.05) is 0 Å².